The van der Waals surface area contributed by atoms with Crippen LogP contribution in [0.2, 0.25) is 0 Å². The van der Waals surface area contributed by atoms with Crippen molar-refractivity contribution in [3.05, 3.63) is 51.7 Å². The van der Waals surface area contributed by atoms with Crippen molar-refractivity contribution in [2.24, 2.45) is 0 Å². The predicted octanol–water partition coefficient (Wildman–Crippen LogP) is 4.08. The average molecular weight is 301 g/mol. The van der Waals surface area contributed by atoms with Gasteiger partial charge in [0.2, 0.25) is 0 Å². The molecule has 7 heteroatoms. The molecule has 2 rings (SSSR count). The van der Waals surface area contributed by atoms with Crippen LogP contribution in [0, 0.1) is 0 Å². The Balaban J connectivity index is 2.20. The number of hydrogen-bond acceptors (Lipinski definition) is 3. The highest BCUT2D eigenvalue weighted by Crippen LogP contribution is 2.34. The second-order valence-electron chi connectivity index (χ2n) is 3.98. The highest BCUT2D eigenvalue weighted by molar-refractivity contribution is 7.12. The summed E-state index contributed by atoms with van der Waals surface area (Å²) in [4.78, 5) is 11.0. The molecule has 0 saturated carbocycles. The molecule has 0 radical (unpaired) electrons. The van der Waals surface area contributed by atoms with Crippen molar-refractivity contribution >= 4 is 23.0 Å². The molecule has 1 heterocycles. The van der Waals surface area contributed by atoms with Crippen LogP contribution in [0.5, 0.6) is 0 Å². The Kier molecular flexibility index (Phi) is 3.99. The van der Waals surface area contributed by atoms with E-state index in [9.17, 15) is 18.0 Å². The fourth-order valence-electron chi connectivity index (χ4n) is 1.74. The number of thiophene rings is 1. The molecule has 1 aromatic carbocycles. The van der Waals surface area contributed by atoms with Gasteiger partial charge < -0.3 is 10.4 Å². The minimum atomic E-state index is -4.45. The molecule has 0 aliphatic rings. The molecule has 0 fully saturated rings. The number of nitrogens with one attached hydrogen (secondary N) is 1. The maximum Gasteiger partial charge on any atom is 0.418 e. The van der Waals surface area contributed by atoms with Crippen LogP contribution in [0.3, 0.4) is 0 Å². The summed E-state index contributed by atoms with van der Waals surface area (Å²) >= 11 is 1.04. The van der Waals surface area contributed by atoms with Crippen molar-refractivity contribution in [2.45, 2.75) is 12.7 Å². The van der Waals surface area contributed by atoms with Crippen LogP contribution in [0.1, 0.15) is 20.8 Å². The Bertz CT molecular complexity index is 622. The van der Waals surface area contributed by atoms with Crippen LogP contribution in [-0.2, 0) is 12.7 Å². The first-order valence-electron chi connectivity index (χ1n) is 5.59. The molecule has 2 N–H and O–H groups in total. The van der Waals surface area contributed by atoms with Gasteiger partial charge in [-0.2, -0.15) is 13.2 Å². The third-order valence-corrected chi connectivity index (χ3v) is 3.59. The Morgan fingerprint density at radius 2 is 1.95 bits per heavy atom. The molecule has 1 aromatic heterocycles. The highest BCUT2D eigenvalue weighted by atomic mass is 32.1. The van der Waals surface area contributed by atoms with E-state index in [1.807, 2.05) is 0 Å². The first kappa shape index (κ1) is 14.4. The first-order valence-corrected chi connectivity index (χ1v) is 6.47. The summed E-state index contributed by atoms with van der Waals surface area (Å²) < 4.78 is 38.4. The van der Waals surface area contributed by atoms with Crippen molar-refractivity contribution < 1.29 is 23.1 Å². The summed E-state index contributed by atoms with van der Waals surface area (Å²) in [6.07, 6.45) is -4.45. The molecule has 0 bridgehead atoms. The summed E-state index contributed by atoms with van der Waals surface area (Å²) in [6, 6.07) is 6.67. The number of benzene rings is 1. The van der Waals surface area contributed by atoms with Crippen molar-refractivity contribution in [2.75, 3.05) is 5.32 Å². The van der Waals surface area contributed by atoms with Crippen molar-refractivity contribution in [3.63, 3.8) is 0 Å². The van der Waals surface area contributed by atoms with Gasteiger partial charge in [-0.1, -0.05) is 12.1 Å². The van der Waals surface area contributed by atoms with Crippen molar-refractivity contribution in [1.29, 1.82) is 0 Å². The maximum absolute atomic E-state index is 12.8. The van der Waals surface area contributed by atoms with Gasteiger partial charge in [-0.3, -0.25) is 0 Å². The summed E-state index contributed by atoms with van der Waals surface area (Å²) in [5.41, 5.74) is -0.380. The number of carboxylic acid groups (broad SMARTS) is 1. The summed E-state index contributed by atoms with van der Waals surface area (Å²) in [5.74, 6) is -1.08. The number of alkyl halides is 3. The van der Waals surface area contributed by atoms with Gasteiger partial charge in [0.1, 0.15) is 4.88 Å². The number of anilines is 1. The highest BCUT2D eigenvalue weighted by Gasteiger charge is 2.33. The van der Waals surface area contributed by atoms with Gasteiger partial charge in [0.15, 0.2) is 0 Å². The maximum atomic E-state index is 12.8. The second-order valence-corrected chi connectivity index (χ2v) is 4.89. The van der Waals surface area contributed by atoms with Crippen LogP contribution in [0.4, 0.5) is 18.9 Å². The molecule has 0 aliphatic carbocycles. The van der Waals surface area contributed by atoms with E-state index in [1.54, 1.807) is 11.4 Å². The Hall–Kier alpha value is -2.02. The van der Waals surface area contributed by atoms with Gasteiger partial charge in [-0.05, 0) is 29.1 Å². The molecule has 0 unspecified atom stereocenters. The standard InChI is InChI=1S/C13H10F3NO2S/c14-13(15,16)9-3-1-2-4-10(9)17-7-8-5-6-20-11(8)12(18)19/h1-6,17H,7H2,(H,18,19). The predicted molar refractivity (Wildman–Crippen MR) is 70.0 cm³/mol. The van der Waals surface area contributed by atoms with Crippen LogP contribution in [-0.4, -0.2) is 11.1 Å². The molecule has 106 valence electrons. The van der Waals surface area contributed by atoms with Gasteiger partial charge in [0.25, 0.3) is 0 Å². The lowest BCUT2D eigenvalue weighted by atomic mass is 10.1. The molecular formula is C13H10F3NO2S. The van der Waals surface area contributed by atoms with Gasteiger partial charge in [-0.15, -0.1) is 11.3 Å². The van der Waals surface area contributed by atoms with Crippen LogP contribution < -0.4 is 5.32 Å². The zero-order chi connectivity index (χ0) is 14.8. The first-order chi connectivity index (χ1) is 9.39. The van der Waals surface area contributed by atoms with Gasteiger partial charge in [0.05, 0.1) is 5.56 Å². The largest absolute Gasteiger partial charge is 0.477 e. The smallest absolute Gasteiger partial charge is 0.418 e. The zero-order valence-corrected chi connectivity index (χ0v) is 10.9. The Morgan fingerprint density at radius 3 is 2.60 bits per heavy atom. The van der Waals surface area contributed by atoms with Crippen LogP contribution >= 0.6 is 11.3 Å². The zero-order valence-electron chi connectivity index (χ0n) is 10.1. The number of carbonyl (C=O) groups is 1. The van der Waals surface area contributed by atoms with Crippen molar-refractivity contribution in [1.82, 2.24) is 0 Å². The molecule has 0 atom stereocenters. The lowest BCUT2D eigenvalue weighted by Crippen LogP contribution is -2.11. The molecule has 0 aliphatic heterocycles. The topological polar surface area (TPSA) is 49.3 Å². The van der Waals surface area contributed by atoms with Gasteiger partial charge in [0, 0.05) is 12.2 Å². The molecule has 0 spiro atoms. The lowest BCUT2D eigenvalue weighted by Gasteiger charge is -2.14. The molecular weight excluding hydrogens is 291 g/mol. The summed E-state index contributed by atoms with van der Waals surface area (Å²) in [6.45, 7) is 0.0260. The van der Waals surface area contributed by atoms with E-state index < -0.39 is 17.7 Å². The van der Waals surface area contributed by atoms with E-state index in [0.717, 1.165) is 17.4 Å². The SMILES string of the molecule is O=C(O)c1sccc1CNc1ccccc1C(F)(F)F. The normalized spacial score (nSPS) is 11.3. The summed E-state index contributed by atoms with van der Waals surface area (Å²) in [7, 11) is 0. The third kappa shape index (κ3) is 3.11. The van der Waals surface area contributed by atoms with Gasteiger partial charge >= 0.3 is 12.1 Å². The van der Waals surface area contributed by atoms with E-state index >= 15 is 0 Å². The van der Waals surface area contributed by atoms with Crippen LogP contribution in [0.25, 0.3) is 0 Å². The third-order valence-electron chi connectivity index (χ3n) is 2.64. The molecule has 20 heavy (non-hydrogen) atoms. The van der Waals surface area contributed by atoms with Gasteiger partial charge in [-0.25, -0.2) is 4.79 Å². The fraction of sp³-hybridized carbons (Fsp3) is 0.154. The van der Waals surface area contributed by atoms with E-state index in [0.29, 0.717) is 5.56 Å². The van der Waals surface area contributed by atoms with Crippen molar-refractivity contribution in [3.8, 4) is 0 Å². The number of carboxylic acids is 1. The Morgan fingerprint density at radius 1 is 1.25 bits per heavy atom. The molecule has 3 nitrogen and oxygen atoms in total. The number of rotatable bonds is 4. The molecule has 0 amide bonds. The Labute approximate surface area is 116 Å². The fourth-order valence-corrected chi connectivity index (χ4v) is 2.50. The molecule has 0 saturated heterocycles. The van der Waals surface area contributed by atoms with E-state index in [-0.39, 0.29) is 17.1 Å². The lowest BCUT2D eigenvalue weighted by molar-refractivity contribution is -0.137. The monoisotopic (exact) mass is 301 g/mol. The molecule has 2 aromatic rings. The van der Waals surface area contributed by atoms with E-state index in [2.05, 4.69) is 5.32 Å². The minimum absolute atomic E-state index is 0.0260. The number of aromatic carboxylic acids is 1. The van der Waals surface area contributed by atoms with E-state index in [4.69, 9.17) is 5.11 Å². The van der Waals surface area contributed by atoms with Crippen LogP contribution in [0.15, 0.2) is 35.7 Å². The summed E-state index contributed by atoms with van der Waals surface area (Å²) in [5, 5.41) is 13.2. The minimum Gasteiger partial charge on any atom is -0.477 e. The second kappa shape index (κ2) is 5.54. The van der Waals surface area contributed by atoms with E-state index in [1.165, 1.54) is 18.2 Å². The number of hydrogen-bond donors (Lipinski definition) is 2. The average Bonchev–Trinajstić information content (AvgIpc) is 2.84. The quantitative estimate of drug-likeness (QED) is 0.894. The number of halogens is 3. The number of para-hydroxylation sites is 1.